The number of amides is 2. The number of hydrogen-bond acceptors (Lipinski definition) is 3. The zero-order chi connectivity index (χ0) is 26.6. The van der Waals surface area contributed by atoms with Crippen molar-refractivity contribution in [2.75, 3.05) is 20.2 Å². The minimum Gasteiger partial charge on any atom is -0.496 e. The van der Waals surface area contributed by atoms with Crippen LogP contribution >= 0.6 is 23.2 Å². The van der Waals surface area contributed by atoms with E-state index in [1.165, 1.54) is 63.0 Å². The minimum absolute atomic E-state index is 0.00949. The summed E-state index contributed by atoms with van der Waals surface area (Å²) in [7, 11) is 1.77. The molecule has 1 aliphatic heterocycles. The summed E-state index contributed by atoms with van der Waals surface area (Å²) in [4.78, 5) is 28.1. The molecule has 3 fully saturated rings. The molecule has 2 aliphatic carbocycles. The van der Waals surface area contributed by atoms with Gasteiger partial charge in [0.25, 0.3) is 5.91 Å². The van der Waals surface area contributed by atoms with Crippen LogP contribution in [0.15, 0.2) is 42.5 Å². The lowest BCUT2D eigenvalue weighted by Gasteiger charge is -2.35. The molecule has 5 nitrogen and oxygen atoms in total. The average molecular weight is 558 g/mol. The van der Waals surface area contributed by atoms with Crippen LogP contribution in [0.25, 0.3) is 0 Å². The molecule has 1 saturated heterocycles. The molecule has 2 aromatic rings. The summed E-state index contributed by atoms with van der Waals surface area (Å²) in [5, 5.41) is 3.53. The summed E-state index contributed by atoms with van der Waals surface area (Å²) in [6, 6.07) is 13.5. The zero-order valence-corrected chi connectivity index (χ0v) is 23.6. The largest absolute Gasteiger partial charge is 0.496 e. The van der Waals surface area contributed by atoms with E-state index in [4.69, 9.17) is 27.9 Å². The summed E-state index contributed by atoms with van der Waals surface area (Å²) in [6.45, 7) is 0.801. The predicted molar refractivity (Wildman–Crippen MR) is 152 cm³/mol. The van der Waals surface area contributed by atoms with Gasteiger partial charge >= 0.3 is 0 Å². The first-order chi connectivity index (χ1) is 18.5. The van der Waals surface area contributed by atoms with E-state index in [1.54, 1.807) is 19.2 Å². The highest BCUT2D eigenvalue weighted by Crippen LogP contribution is 2.48. The minimum atomic E-state index is -0.307. The number of carbonyl (C=O) groups excluding carboxylic acids is 2. The molecule has 2 amide bonds. The summed E-state index contributed by atoms with van der Waals surface area (Å²) in [6.07, 6.45) is 10.8. The Kier molecular flexibility index (Phi) is 8.84. The Labute approximate surface area is 236 Å². The highest BCUT2D eigenvalue weighted by Gasteiger charge is 2.48. The fourth-order valence-corrected chi connectivity index (χ4v) is 7.23. The Balaban J connectivity index is 1.22. The fraction of sp³-hybridized carbons (Fsp3) is 0.548. The number of nitrogens with zero attached hydrogens (tertiary/aromatic N) is 1. The predicted octanol–water partition coefficient (Wildman–Crippen LogP) is 7.11. The second kappa shape index (κ2) is 12.3. The maximum absolute atomic E-state index is 13.4. The molecule has 2 saturated carbocycles. The van der Waals surface area contributed by atoms with Gasteiger partial charge in [0.05, 0.1) is 23.7 Å². The van der Waals surface area contributed by atoms with Crippen molar-refractivity contribution in [2.24, 2.45) is 17.8 Å². The van der Waals surface area contributed by atoms with E-state index in [0.29, 0.717) is 45.3 Å². The van der Waals surface area contributed by atoms with E-state index in [0.717, 1.165) is 18.7 Å². The van der Waals surface area contributed by atoms with Crippen LogP contribution in [0, 0.1) is 17.8 Å². The summed E-state index contributed by atoms with van der Waals surface area (Å²) in [5.41, 5.74) is 1.75. The lowest BCUT2D eigenvalue weighted by Crippen LogP contribution is -2.45. The summed E-state index contributed by atoms with van der Waals surface area (Å²) in [5.74, 6) is 3.05. The Hall–Kier alpha value is -2.24. The number of nitrogens with one attached hydrogen (secondary N) is 1. The number of benzene rings is 2. The van der Waals surface area contributed by atoms with Gasteiger partial charge in [0.2, 0.25) is 5.91 Å². The number of halogens is 2. The van der Waals surface area contributed by atoms with Gasteiger partial charge in [0.1, 0.15) is 5.75 Å². The lowest BCUT2D eigenvalue weighted by molar-refractivity contribution is -0.131. The molecule has 2 unspecified atom stereocenters. The van der Waals surface area contributed by atoms with Gasteiger partial charge in [-0.05, 0) is 92.0 Å². The molecule has 1 N–H and O–H groups in total. The summed E-state index contributed by atoms with van der Waals surface area (Å²) < 4.78 is 5.69. The Morgan fingerprint density at radius 2 is 1.68 bits per heavy atom. The number of ether oxygens (including phenoxy) is 1. The quantitative estimate of drug-likeness (QED) is 0.395. The molecular weight excluding hydrogens is 519 g/mol. The number of likely N-dealkylation sites (tertiary alicyclic amines) is 1. The van der Waals surface area contributed by atoms with Gasteiger partial charge in [0, 0.05) is 18.2 Å². The second-order valence-corrected chi connectivity index (χ2v) is 12.1. The van der Waals surface area contributed by atoms with Crippen molar-refractivity contribution in [2.45, 2.75) is 69.7 Å². The normalized spacial score (nSPS) is 25.9. The molecule has 38 heavy (non-hydrogen) atoms. The number of rotatable bonds is 7. The zero-order valence-electron chi connectivity index (χ0n) is 22.1. The van der Waals surface area contributed by atoms with Crippen LogP contribution in [-0.4, -0.2) is 43.0 Å². The van der Waals surface area contributed by atoms with Gasteiger partial charge in [-0.1, -0.05) is 60.7 Å². The highest BCUT2D eigenvalue weighted by atomic mass is 35.5. The molecule has 204 valence electrons. The monoisotopic (exact) mass is 556 g/mol. The van der Waals surface area contributed by atoms with Crippen molar-refractivity contribution >= 4 is 35.0 Å². The van der Waals surface area contributed by atoms with Crippen LogP contribution in [0.1, 0.15) is 79.6 Å². The third-order valence-electron chi connectivity index (χ3n) is 8.96. The summed E-state index contributed by atoms with van der Waals surface area (Å²) >= 11 is 12.0. The van der Waals surface area contributed by atoms with Gasteiger partial charge in [-0.2, -0.15) is 0 Å². The van der Waals surface area contributed by atoms with Gasteiger partial charge in [-0.25, -0.2) is 0 Å². The maximum atomic E-state index is 13.4. The van der Waals surface area contributed by atoms with E-state index in [2.05, 4.69) is 28.4 Å². The van der Waals surface area contributed by atoms with Crippen molar-refractivity contribution in [3.05, 3.63) is 63.6 Å². The van der Waals surface area contributed by atoms with E-state index in [9.17, 15) is 9.59 Å². The molecule has 7 heteroatoms. The van der Waals surface area contributed by atoms with E-state index in [1.807, 2.05) is 6.07 Å². The van der Waals surface area contributed by atoms with Gasteiger partial charge < -0.3 is 15.0 Å². The van der Waals surface area contributed by atoms with Crippen molar-refractivity contribution in [1.82, 2.24) is 10.2 Å². The van der Waals surface area contributed by atoms with E-state index < -0.39 is 0 Å². The third kappa shape index (κ3) is 6.15. The van der Waals surface area contributed by atoms with Crippen molar-refractivity contribution in [3.8, 4) is 5.75 Å². The number of para-hydroxylation sites is 1. The van der Waals surface area contributed by atoms with E-state index >= 15 is 0 Å². The van der Waals surface area contributed by atoms with Crippen molar-refractivity contribution in [3.63, 3.8) is 0 Å². The topological polar surface area (TPSA) is 58.6 Å². The molecular formula is C31H38Cl2N2O3. The molecule has 2 aromatic carbocycles. The second-order valence-electron chi connectivity index (χ2n) is 11.2. The van der Waals surface area contributed by atoms with Gasteiger partial charge in [-0.3, -0.25) is 9.59 Å². The Morgan fingerprint density at radius 3 is 2.45 bits per heavy atom. The molecule has 0 bridgehead atoms. The van der Waals surface area contributed by atoms with Crippen LogP contribution in [0.5, 0.6) is 5.75 Å². The fourth-order valence-electron chi connectivity index (χ4n) is 6.93. The molecule has 0 spiro atoms. The molecule has 3 aliphatic rings. The number of methoxy groups -OCH3 is 1. The van der Waals surface area contributed by atoms with E-state index in [-0.39, 0.29) is 18.4 Å². The van der Waals surface area contributed by atoms with Crippen LogP contribution in [-0.2, 0) is 4.79 Å². The van der Waals surface area contributed by atoms with Crippen LogP contribution in [0.3, 0.4) is 0 Å². The molecule has 0 aromatic heterocycles. The third-order valence-corrected chi connectivity index (χ3v) is 9.70. The van der Waals surface area contributed by atoms with Crippen molar-refractivity contribution < 1.29 is 14.3 Å². The molecule has 4 atom stereocenters. The Bertz CT molecular complexity index is 1150. The average Bonchev–Trinajstić information content (AvgIpc) is 3.66. The highest BCUT2D eigenvalue weighted by molar-refractivity contribution is 6.42. The van der Waals surface area contributed by atoms with Crippen LogP contribution in [0.4, 0.5) is 0 Å². The molecule has 0 radical (unpaired) electrons. The first-order valence-electron chi connectivity index (χ1n) is 14.1. The van der Waals surface area contributed by atoms with Crippen LogP contribution < -0.4 is 10.1 Å². The van der Waals surface area contributed by atoms with Crippen LogP contribution in [0.2, 0.25) is 10.0 Å². The first-order valence-corrected chi connectivity index (χ1v) is 14.9. The maximum Gasteiger partial charge on any atom is 0.251 e. The standard InChI is InChI=1S/C31H38Cl2N2O3/c1-38-28-9-5-4-8-24(28)20-6-2-3-7-21(11-10-20)25-16-17-35(30(25)22-12-13-22)29(36)19-34-31(37)23-14-15-26(32)27(33)18-23/h4-5,8-9,14-15,18,20-22,25,30H,2-3,6-7,10-13,16-17,19H2,1H3,(H,34,37)/t20?,21-,25?,30+/m0/s1. The first kappa shape index (κ1) is 27.3. The number of hydrogen-bond donors (Lipinski definition) is 1. The molecule has 1 heterocycles. The smallest absolute Gasteiger partial charge is 0.251 e. The van der Waals surface area contributed by atoms with Gasteiger partial charge in [0.15, 0.2) is 0 Å². The SMILES string of the molecule is COc1ccccc1C1CCCC[C@H](C2CCN(C(=O)CNC(=O)c3ccc(Cl)c(Cl)c3)[C@@H]2C2CC2)CC1. The Morgan fingerprint density at radius 1 is 0.921 bits per heavy atom. The number of carbonyl (C=O) groups is 2. The lowest BCUT2D eigenvalue weighted by atomic mass is 9.74. The van der Waals surface area contributed by atoms with Crippen molar-refractivity contribution in [1.29, 1.82) is 0 Å². The van der Waals surface area contributed by atoms with Gasteiger partial charge in [-0.15, -0.1) is 0 Å². The molecule has 5 rings (SSSR count).